The third kappa shape index (κ3) is 7.16. The van der Waals surface area contributed by atoms with Gasteiger partial charge in [0.15, 0.2) is 0 Å². The van der Waals surface area contributed by atoms with Gasteiger partial charge in [0, 0.05) is 56.8 Å². The molecule has 5 rings (SSSR count). The van der Waals surface area contributed by atoms with E-state index in [2.05, 4.69) is 68.4 Å². The second-order valence-corrected chi connectivity index (χ2v) is 11.1. The lowest BCUT2D eigenvalue weighted by Crippen LogP contribution is -2.41. The number of likely N-dealkylation sites (tertiary alicyclic amines) is 1. The largest absolute Gasteiger partial charge is 0.506 e. The number of imidazole rings is 1. The molecule has 2 aromatic carbocycles. The van der Waals surface area contributed by atoms with Crippen molar-refractivity contribution in [2.75, 3.05) is 43.4 Å². The highest BCUT2D eigenvalue weighted by atomic mass is 16.3. The van der Waals surface area contributed by atoms with Crippen LogP contribution < -0.4 is 16.4 Å². The van der Waals surface area contributed by atoms with Gasteiger partial charge in [0.25, 0.3) is 0 Å². The molecular formula is C32H43N7O2. The highest BCUT2D eigenvalue weighted by Gasteiger charge is 2.22. The van der Waals surface area contributed by atoms with Crippen molar-refractivity contribution in [2.24, 2.45) is 5.73 Å². The fraction of sp³-hybridized carbons (Fsp3) is 0.438. The minimum Gasteiger partial charge on any atom is -0.506 e. The molecule has 0 radical (unpaired) electrons. The molecule has 1 aliphatic rings. The number of aliphatic hydroxyl groups is 1. The lowest BCUT2D eigenvalue weighted by molar-refractivity contribution is 0.224. The number of fused-ring (bicyclic) bond motifs is 1. The van der Waals surface area contributed by atoms with Crippen molar-refractivity contribution in [3.05, 3.63) is 76.6 Å². The van der Waals surface area contributed by atoms with Crippen LogP contribution in [-0.4, -0.2) is 68.5 Å². The molecule has 9 nitrogen and oxygen atoms in total. The number of anilines is 2. The number of aromatic hydroxyl groups is 1. The maximum Gasteiger partial charge on any atom is 0.204 e. The average molecular weight is 558 g/mol. The zero-order chi connectivity index (χ0) is 28.8. The van der Waals surface area contributed by atoms with E-state index in [0.717, 1.165) is 79.2 Å². The van der Waals surface area contributed by atoms with Crippen LogP contribution in [0.25, 0.3) is 11.0 Å². The van der Waals surface area contributed by atoms with Crippen LogP contribution in [0.5, 0.6) is 5.75 Å². The minimum absolute atomic E-state index is 0.189. The molecule has 0 unspecified atom stereocenters. The molecule has 1 saturated heterocycles. The van der Waals surface area contributed by atoms with Crippen LogP contribution >= 0.6 is 0 Å². The van der Waals surface area contributed by atoms with Crippen LogP contribution in [-0.2, 0) is 19.5 Å². The number of rotatable bonds is 12. The zero-order valence-corrected chi connectivity index (χ0v) is 24.2. The topological polar surface area (TPSA) is 124 Å². The fourth-order valence-corrected chi connectivity index (χ4v) is 5.64. The number of aliphatic hydroxyl groups excluding tert-OH is 1. The van der Waals surface area contributed by atoms with Gasteiger partial charge in [-0.2, -0.15) is 0 Å². The van der Waals surface area contributed by atoms with E-state index in [1.165, 1.54) is 11.1 Å². The van der Waals surface area contributed by atoms with Crippen molar-refractivity contribution in [2.45, 2.75) is 58.7 Å². The summed E-state index contributed by atoms with van der Waals surface area (Å²) in [6.45, 7) is 9.03. The Bertz CT molecular complexity index is 1460. The van der Waals surface area contributed by atoms with Crippen molar-refractivity contribution in [1.29, 1.82) is 0 Å². The molecule has 0 saturated carbocycles. The molecule has 1 aliphatic heterocycles. The number of nitrogens with one attached hydrogen (secondary N) is 2. The van der Waals surface area contributed by atoms with E-state index < -0.39 is 0 Å². The summed E-state index contributed by atoms with van der Waals surface area (Å²) >= 11 is 0. The number of benzene rings is 2. The fourth-order valence-electron chi connectivity index (χ4n) is 5.64. The van der Waals surface area contributed by atoms with Gasteiger partial charge < -0.3 is 36.0 Å². The van der Waals surface area contributed by atoms with Crippen molar-refractivity contribution < 1.29 is 10.2 Å². The Balaban J connectivity index is 1.38. The molecule has 0 bridgehead atoms. The molecule has 0 atom stereocenters. The summed E-state index contributed by atoms with van der Waals surface area (Å²) in [5.41, 5.74) is 13.9. The standard InChI is InChI=1S/C32H43N7O2/c1-22-18-27(8-7-25(22)4-3-17-40)34-20-24-6-9-28-30(19-24)39(21-29-31(41)10-5-23(2)35-29)32(37-28)36-26-11-14-38(15-12-26)16-13-33/h5-10,18-19,26,34,40-41H,3-4,11-17,20-21,33H2,1-2H3,(H,36,37). The highest BCUT2D eigenvalue weighted by molar-refractivity contribution is 5.80. The molecule has 1 fully saturated rings. The Kier molecular flexibility index (Phi) is 9.38. The average Bonchev–Trinajstić information content (AvgIpc) is 3.30. The smallest absolute Gasteiger partial charge is 0.204 e. The number of nitrogens with two attached hydrogens (primary N) is 1. The summed E-state index contributed by atoms with van der Waals surface area (Å²) in [6.07, 6.45) is 3.73. The number of piperidine rings is 1. The van der Waals surface area contributed by atoms with Gasteiger partial charge in [-0.3, -0.25) is 4.98 Å². The van der Waals surface area contributed by atoms with Crippen molar-refractivity contribution >= 4 is 22.7 Å². The van der Waals surface area contributed by atoms with E-state index in [1.54, 1.807) is 6.07 Å². The third-order valence-corrected chi connectivity index (χ3v) is 8.02. The summed E-state index contributed by atoms with van der Waals surface area (Å²) in [7, 11) is 0. The molecule has 6 N–H and O–H groups in total. The Morgan fingerprint density at radius 1 is 1.02 bits per heavy atom. The van der Waals surface area contributed by atoms with Gasteiger partial charge in [-0.05, 0) is 92.6 Å². The van der Waals surface area contributed by atoms with E-state index in [1.807, 2.05) is 13.0 Å². The summed E-state index contributed by atoms with van der Waals surface area (Å²) in [6, 6.07) is 16.6. The van der Waals surface area contributed by atoms with Gasteiger partial charge in [-0.1, -0.05) is 12.1 Å². The highest BCUT2D eigenvalue weighted by Crippen LogP contribution is 2.27. The first kappa shape index (κ1) is 28.9. The van der Waals surface area contributed by atoms with E-state index in [-0.39, 0.29) is 12.4 Å². The lowest BCUT2D eigenvalue weighted by atomic mass is 10.0. The number of hydrogen-bond donors (Lipinski definition) is 5. The summed E-state index contributed by atoms with van der Waals surface area (Å²) < 4.78 is 2.15. The van der Waals surface area contributed by atoms with Crippen molar-refractivity contribution in [3.8, 4) is 5.75 Å². The van der Waals surface area contributed by atoms with Crippen LogP contribution in [0.3, 0.4) is 0 Å². The molecule has 3 heterocycles. The number of aryl methyl sites for hydroxylation is 3. The Morgan fingerprint density at radius 3 is 2.61 bits per heavy atom. The molecule has 0 amide bonds. The first-order valence-corrected chi connectivity index (χ1v) is 14.7. The third-order valence-electron chi connectivity index (χ3n) is 8.02. The zero-order valence-electron chi connectivity index (χ0n) is 24.2. The van der Waals surface area contributed by atoms with E-state index in [9.17, 15) is 5.11 Å². The first-order chi connectivity index (χ1) is 19.9. The predicted molar refractivity (Wildman–Crippen MR) is 166 cm³/mol. The van der Waals surface area contributed by atoms with Gasteiger partial charge in [0.1, 0.15) is 11.4 Å². The van der Waals surface area contributed by atoms with Crippen LogP contribution in [0.2, 0.25) is 0 Å². The maximum atomic E-state index is 10.6. The van der Waals surface area contributed by atoms with Crippen LogP contribution in [0.15, 0.2) is 48.5 Å². The number of pyridine rings is 1. The Hall–Kier alpha value is -3.66. The van der Waals surface area contributed by atoms with Crippen molar-refractivity contribution in [3.63, 3.8) is 0 Å². The molecule has 218 valence electrons. The SMILES string of the molecule is Cc1ccc(O)c(Cn2c(NC3CCN(CCN)CC3)nc3ccc(CNc4ccc(CCCO)c(C)c4)cc32)n1. The summed E-state index contributed by atoms with van der Waals surface area (Å²) in [5.74, 6) is 0.994. The second kappa shape index (κ2) is 13.3. The lowest BCUT2D eigenvalue weighted by Gasteiger charge is -2.32. The molecule has 4 aromatic rings. The molecule has 2 aromatic heterocycles. The number of nitrogens with zero attached hydrogens (tertiary/aromatic N) is 4. The number of hydrogen-bond acceptors (Lipinski definition) is 8. The molecule has 41 heavy (non-hydrogen) atoms. The summed E-state index contributed by atoms with van der Waals surface area (Å²) in [5, 5.41) is 27.0. The van der Waals surface area contributed by atoms with Crippen molar-refractivity contribution in [1.82, 2.24) is 19.4 Å². The van der Waals surface area contributed by atoms with E-state index >= 15 is 0 Å². The van der Waals surface area contributed by atoms with Crippen LogP contribution in [0, 0.1) is 13.8 Å². The van der Waals surface area contributed by atoms with Gasteiger partial charge >= 0.3 is 0 Å². The predicted octanol–water partition coefficient (Wildman–Crippen LogP) is 4.17. The molecular weight excluding hydrogens is 514 g/mol. The summed E-state index contributed by atoms with van der Waals surface area (Å²) in [4.78, 5) is 12.0. The minimum atomic E-state index is 0.189. The van der Waals surface area contributed by atoms with Crippen LogP contribution in [0.1, 0.15) is 47.3 Å². The second-order valence-electron chi connectivity index (χ2n) is 11.1. The molecule has 9 heteroatoms. The Morgan fingerprint density at radius 2 is 1.85 bits per heavy atom. The quantitative estimate of drug-likeness (QED) is 0.176. The van der Waals surface area contributed by atoms with Gasteiger partial charge in [0.2, 0.25) is 5.95 Å². The van der Waals surface area contributed by atoms with E-state index in [4.69, 9.17) is 15.8 Å². The molecule has 0 aliphatic carbocycles. The number of aromatic nitrogens is 3. The van der Waals surface area contributed by atoms with E-state index in [0.29, 0.717) is 31.4 Å². The van der Waals surface area contributed by atoms with Gasteiger partial charge in [-0.15, -0.1) is 0 Å². The molecule has 0 spiro atoms. The van der Waals surface area contributed by atoms with Crippen LogP contribution in [0.4, 0.5) is 11.6 Å². The normalized spacial score (nSPS) is 14.5. The van der Waals surface area contributed by atoms with Gasteiger partial charge in [-0.25, -0.2) is 4.98 Å². The Labute approximate surface area is 242 Å². The maximum absolute atomic E-state index is 10.6. The monoisotopic (exact) mass is 557 g/mol. The van der Waals surface area contributed by atoms with Gasteiger partial charge in [0.05, 0.1) is 17.6 Å². The first-order valence-electron chi connectivity index (χ1n) is 14.7.